The van der Waals surface area contributed by atoms with Crippen LogP contribution in [-0.2, 0) is 4.79 Å². The van der Waals surface area contributed by atoms with Crippen LogP contribution in [-0.4, -0.2) is 26.4 Å². The number of allylic oxidation sites excluding steroid dienone is 1. The molecule has 1 aromatic carbocycles. The largest absolute Gasteiger partial charge is 0.318 e. The SMILES string of the molecule is CC1=CSC2=NC(=O)C(=Cc3cc(C)n(-c4cccc(F)c4)c3C)C(=N)N12. The summed E-state index contributed by atoms with van der Waals surface area (Å²) in [5, 5.41) is 10.8. The fourth-order valence-electron chi connectivity index (χ4n) is 3.34. The average molecular weight is 380 g/mol. The first kappa shape index (κ1) is 17.5. The van der Waals surface area contributed by atoms with Gasteiger partial charge in [-0.05, 0) is 62.1 Å². The molecule has 4 rings (SSSR count). The van der Waals surface area contributed by atoms with E-state index in [-0.39, 0.29) is 17.2 Å². The average Bonchev–Trinajstić information content (AvgIpc) is 3.11. The summed E-state index contributed by atoms with van der Waals surface area (Å²) in [5.74, 6) is -0.600. The van der Waals surface area contributed by atoms with Gasteiger partial charge < -0.3 is 4.57 Å². The summed E-state index contributed by atoms with van der Waals surface area (Å²) < 4.78 is 15.6. The lowest BCUT2D eigenvalue weighted by Crippen LogP contribution is -2.37. The third-order valence-corrected chi connectivity index (χ3v) is 5.57. The van der Waals surface area contributed by atoms with Gasteiger partial charge in [-0.1, -0.05) is 17.8 Å². The van der Waals surface area contributed by atoms with Crippen LogP contribution in [0.3, 0.4) is 0 Å². The molecule has 7 heteroatoms. The van der Waals surface area contributed by atoms with Crippen LogP contribution < -0.4 is 0 Å². The maximum atomic E-state index is 13.6. The third-order valence-electron chi connectivity index (χ3n) is 4.62. The van der Waals surface area contributed by atoms with Gasteiger partial charge in [-0.2, -0.15) is 4.99 Å². The fraction of sp³-hybridized carbons (Fsp3) is 0.150. The molecule has 3 heterocycles. The Morgan fingerprint density at radius 2 is 2.00 bits per heavy atom. The Labute approximate surface area is 160 Å². The van der Waals surface area contributed by atoms with Gasteiger partial charge in [0.15, 0.2) is 5.17 Å². The van der Waals surface area contributed by atoms with E-state index in [2.05, 4.69) is 4.99 Å². The minimum atomic E-state index is -0.419. The van der Waals surface area contributed by atoms with Crippen molar-refractivity contribution in [1.82, 2.24) is 9.47 Å². The normalized spacial score (nSPS) is 18.1. The van der Waals surface area contributed by atoms with Crippen molar-refractivity contribution in [3.05, 3.63) is 69.8 Å². The van der Waals surface area contributed by atoms with Gasteiger partial charge in [-0.15, -0.1) is 0 Å². The molecule has 1 N–H and O–H groups in total. The Kier molecular flexibility index (Phi) is 4.11. The van der Waals surface area contributed by atoms with Crippen molar-refractivity contribution in [3.8, 4) is 5.69 Å². The number of aryl methyl sites for hydroxylation is 1. The molecular weight excluding hydrogens is 363 g/mol. The highest BCUT2D eigenvalue weighted by molar-refractivity contribution is 8.16. The number of carbonyl (C=O) groups is 1. The van der Waals surface area contributed by atoms with E-state index in [0.29, 0.717) is 5.17 Å². The summed E-state index contributed by atoms with van der Waals surface area (Å²) in [4.78, 5) is 18.2. The molecule has 0 aliphatic carbocycles. The van der Waals surface area contributed by atoms with Gasteiger partial charge in [0.05, 0.1) is 5.57 Å². The molecule has 0 spiro atoms. The van der Waals surface area contributed by atoms with Crippen molar-refractivity contribution in [2.45, 2.75) is 20.8 Å². The Morgan fingerprint density at radius 1 is 1.22 bits per heavy atom. The van der Waals surface area contributed by atoms with Crippen molar-refractivity contribution in [1.29, 1.82) is 5.41 Å². The molecule has 2 aliphatic rings. The zero-order valence-electron chi connectivity index (χ0n) is 15.1. The van der Waals surface area contributed by atoms with Gasteiger partial charge in [0.25, 0.3) is 5.91 Å². The van der Waals surface area contributed by atoms with Crippen LogP contribution in [0.1, 0.15) is 23.9 Å². The zero-order valence-corrected chi connectivity index (χ0v) is 15.9. The molecule has 5 nitrogen and oxygen atoms in total. The standard InChI is InChI=1S/C20H17FN4OS/c1-11-7-14(13(3)24(11)16-6-4-5-15(21)9-16)8-17-18(22)25-12(2)10-27-20(25)23-19(17)26/h4-10,22H,1-3H3. The number of carbonyl (C=O) groups excluding carboxylic acids is 1. The van der Waals surface area contributed by atoms with Gasteiger partial charge in [0.1, 0.15) is 11.7 Å². The number of rotatable bonds is 2. The second kappa shape index (κ2) is 6.35. The molecule has 1 amide bonds. The Balaban J connectivity index is 1.79. The van der Waals surface area contributed by atoms with Gasteiger partial charge >= 0.3 is 0 Å². The third kappa shape index (κ3) is 2.84. The first-order chi connectivity index (χ1) is 12.9. The van der Waals surface area contributed by atoms with E-state index in [0.717, 1.165) is 28.3 Å². The summed E-state index contributed by atoms with van der Waals surface area (Å²) in [6, 6.07) is 8.30. The van der Waals surface area contributed by atoms with E-state index < -0.39 is 5.91 Å². The van der Waals surface area contributed by atoms with Crippen LogP contribution in [0.2, 0.25) is 0 Å². The molecule has 136 valence electrons. The number of halogens is 1. The number of hydrogen-bond donors (Lipinski definition) is 1. The maximum absolute atomic E-state index is 13.6. The quantitative estimate of drug-likeness (QED) is 0.786. The number of fused-ring (bicyclic) bond motifs is 1. The van der Waals surface area contributed by atoms with Crippen molar-refractivity contribution in [3.63, 3.8) is 0 Å². The van der Waals surface area contributed by atoms with Crippen LogP contribution in [0, 0.1) is 25.1 Å². The molecule has 0 atom stereocenters. The highest BCUT2D eigenvalue weighted by Crippen LogP contribution is 2.32. The summed E-state index contributed by atoms with van der Waals surface area (Å²) in [7, 11) is 0. The van der Waals surface area contributed by atoms with E-state index in [1.165, 1.54) is 23.9 Å². The number of thioether (sulfide) groups is 1. The number of amidine groups is 2. The van der Waals surface area contributed by atoms with Gasteiger partial charge in [-0.25, -0.2) is 4.39 Å². The first-order valence-electron chi connectivity index (χ1n) is 8.39. The molecule has 0 bridgehead atoms. The molecule has 2 aliphatic heterocycles. The first-order valence-corrected chi connectivity index (χ1v) is 9.27. The van der Waals surface area contributed by atoms with Gasteiger partial charge in [0, 0.05) is 22.8 Å². The fourth-order valence-corrected chi connectivity index (χ4v) is 4.20. The summed E-state index contributed by atoms with van der Waals surface area (Å²) >= 11 is 1.34. The second-order valence-corrected chi connectivity index (χ2v) is 7.30. The number of nitrogens with one attached hydrogen (secondary N) is 1. The smallest absolute Gasteiger partial charge is 0.283 e. The second-order valence-electron chi connectivity index (χ2n) is 6.46. The molecule has 0 radical (unpaired) electrons. The van der Waals surface area contributed by atoms with Crippen LogP contribution in [0.15, 0.2) is 52.0 Å². The van der Waals surface area contributed by atoms with Crippen molar-refractivity contribution < 1.29 is 9.18 Å². The molecular formula is C20H17FN4OS. The zero-order chi connectivity index (χ0) is 19.3. The van der Waals surface area contributed by atoms with E-state index >= 15 is 0 Å². The topological polar surface area (TPSA) is 61.5 Å². The molecule has 1 aromatic heterocycles. The van der Waals surface area contributed by atoms with Crippen molar-refractivity contribution in [2.24, 2.45) is 4.99 Å². The van der Waals surface area contributed by atoms with Crippen LogP contribution in [0.4, 0.5) is 4.39 Å². The van der Waals surface area contributed by atoms with E-state index in [9.17, 15) is 9.18 Å². The van der Waals surface area contributed by atoms with Crippen LogP contribution in [0.5, 0.6) is 0 Å². The lowest BCUT2D eigenvalue weighted by Gasteiger charge is -2.25. The van der Waals surface area contributed by atoms with E-state index in [1.54, 1.807) is 17.0 Å². The number of benzene rings is 1. The molecule has 0 fully saturated rings. The molecule has 0 saturated heterocycles. The van der Waals surface area contributed by atoms with Crippen molar-refractivity contribution >= 4 is 34.7 Å². The van der Waals surface area contributed by atoms with E-state index in [1.807, 2.05) is 42.9 Å². The summed E-state index contributed by atoms with van der Waals surface area (Å²) in [6.45, 7) is 5.72. The monoisotopic (exact) mass is 380 g/mol. The number of amides is 1. The maximum Gasteiger partial charge on any atom is 0.283 e. The van der Waals surface area contributed by atoms with Gasteiger partial charge in [0.2, 0.25) is 0 Å². The molecule has 0 saturated carbocycles. The Bertz CT molecular complexity index is 1090. The highest BCUT2D eigenvalue weighted by Gasteiger charge is 2.34. The predicted octanol–water partition coefficient (Wildman–Crippen LogP) is 4.40. The highest BCUT2D eigenvalue weighted by atomic mass is 32.2. The number of aliphatic imine (C=N–C) groups is 1. The van der Waals surface area contributed by atoms with Crippen LogP contribution >= 0.6 is 11.8 Å². The summed E-state index contributed by atoms with van der Waals surface area (Å²) in [6.07, 6.45) is 1.69. The lowest BCUT2D eigenvalue weighted by molar-refractivity contribution is -0.114. The molecule has 27 heavy (non-hydrogen) atoms. The van der Waals surface area contributed by atoms with Gasteiger partial charge in [-0.3, -0.25) is 15.1 Å². The Morgan fingerprint density at radius 3 is 2.74 bits per heavy atom. The number of nitrogens with zero attached hydrogens (tertiary/aromatic N) is 3. The minimum absolute atomic E-state index is 0.124. The molecule has 2 aromatic rings. The predicted molar refractivity (Wildman–Crippen MR) is 107 cm³/mol. The Hall–Kier alpha value is -2.93. The minimum Gasteiger partial charge on any atom is -0.318 e. The lowest BCUT2D eigenvalue weighted by atomic mass is 10.1. The number of hydrogen-bond acceptors (Lipinski definition) is 3. The van der Waals surface area contributed by atoms with Crippen molar-refractivity contribution in [2.75, 3.05) is 0 Å². The number of aromatic nitrogens is 1. The summed E-state index contributed by atoms with van der Waals surface area (Å²) in [5.41, 5.74) is 4.41. The van der Waals surface area contributed by atoms with Crippen LogP contribution in [0.25, 0.3) is 11.8 Å². The van der Waals surface area contributed by atoms with E-state index in [4.69, 9.17) is 5.41 Å². The molecule has 0 unspecified atom stereocenters.